The second-order valence-corrected chi connectivity index (χ2v) is 7.35. The van der Waals surface area contributed by atoms with Gasteiger partial charge in [-0.15, -0.1) is 0 Å². The molecule has 2 atom stereocenters. The van der Waals surface area contributed by atoms with Gasteiger partial charge in [-0.3, -0.25) is 4.68 Å². The van der Waals surface area contributed by atoms with E-state index in [0.29, 0.717) is 12.1 Å². The highest BCUT2D eigenvalue weighted by Gasteiger charge is 2.26. The van der Waals surface area contributed by atoms with Gasteiger partial charge in [-0.05, 0) is 38.0 Å². The molecule has 0 spiro atoms. The summed E-state index contributed by atoms with van der Waals surface area (Å²) in [6, 6.07) is 3.54. The largest absolute Gasteiger partial charge is 0.307 e. The Balaban J connectivity index is 1.52. The molecule has 0 saturated heterocycles. The van der Waals surface area contributed by atoms with Crippen molar-refractivity contribution in [2.75, 3.05) is 6.26 Å². The van der Waals surface area contributed by atoms with Crippen LogP contribution in [0.3, 0.4) is 0 Å². The molecule has 1 aromatic rings. The van der Waals surface area contributed by atoms with Crippen LogP contribution in [0.4, 0.5) is 0 Å². The van der Waals surface area contributed by atoms with Crippen molar-refractivity contribution in [1.82, 2.24) is 15.1 Å². The van der Waals surface area contributed by atoms with Crippen molar-refractivity contribution in [3.05, 3.63) is 18.0 Å². The van der Waals surface area contributed by atoms with E-state index in [4.69, 9.17) is 5.10 Å². The van der Waals surface area contributed by atoms with Crippen LogP contribution in [0, 0.1) is 0 Å². The van der Waals surface area contributed by atoms with E-state index in [2.05, 4.69) is 28.5 Å². The minimum Gasteiger partial charge on any atom is -0.307 e. The first-order valence-electron chi connectivity index (χ1n) is 8.17. The summed E-state index contributed by atoms with van der Waals surface area (Å²) in [4.78, 5) is 0. The van der Waals surface area contributed by atoms with Crippen LogP contribution in [0.2, 0.25) is 0 Å². The molecule has 0 aliphatic heterocycles. The average Bonchev–Trinajstić information content (AvgIpc) is 3.15. The normalized spacial score (nSPS) is 28.1. The number of rotatable bonds is 5. The molecule has 0 bridgehead atoms. The van der Waals surface area contributed by atoms with Crippen LogP contribution in [-0.4, -0.2) is 27.3 Å². The molecule has 0 amide bonds. The van der Waals surface area contributed by atoms with Crippen molar-refractivity contribution >= 4 is 11.8 Å². The smallest absolute Gasteiger partial charge is 0.0762 e. The van der Waals surface area contributed by atoms with Crippen molar-refractivity contribution in [2.45, 2.75) is 75.2 Å². The van der Waals surface area contributed by atoms with Gasteiger partial charge in [-0.25, -0.2) is 0 Å². The van der Waals surface area contributed by atoms with Crippen LogP contribution in [0.25, 0.3) is 0 Å². The Morgan fingerprint density at radius 2 is 2.05 bits per heavy atom. The Bertz CT molecular complexity index is 412. The summed E-state index contributed by atoms with van der Waals surface area (Å²) in [6.45, 7) is 0.932. The quantitative estimate of drug-likeness (QED) is 0.896. The lowest BCUT2D eigenvalue weighted by atomic mass is 9.96. The zero-order valence-electron chi connectivity index (χ0n) is 12.6. The molecule has 2 aliphatic rings. The summed E-state index contributed by atoms with van der Waals surface area (Å²) in [5.41, 5.74) is 1.21. The zero-order valence-corrected chi connectivity index (χ0v) is 13.4. The van der Waals surface area contributed by atoms with Crippen molar-refractivity contribution in [3.8, 4) is 0 Å². The Kier molecular flexibility index (Phi) is 5.05. The van der Waals surface area contributed by atoms with Gasteiger partial charge in [0.1, 0.15) is 0 Å². The summed E-state index contributed by atoms with van der Waals surface area (Å²) in [5, 5.41) is 9.31. The molecule has 2 aliphatic carbocycles. The minimum absolute atomic E-state index is 0.655. The monoisotopic (exact) mass is 293 g/mol. The van der Waals surface area contributed by atoms with Crippen molar-refractivity contribution < 1.29 is 0 Å². The lowest BCUT2D eigenvalue weighted by Gasteiger charge is -2.22. The molecule has 2 unspecified atom stereocenters. The minimum atomic E-state index is 0.655. The summed E-state index contributed by atoms with van der Waals surface area (Å²) in [5.74, 6) is 0. The summed E-state index contributed by atoms with van der Waals surface area (Å²) < 4.78 is 2.22. The SMILES string of the molecule is CSC1CCCC1NCc1ccn(C2CCCCC2)n1. The van der Waals surface area contributed by atoms with Crippen LogP contribution >= 0.6 is 11.8 Å². The van der Waals surface area contributed by atoms with Gasteiger partial charge in [0.25, 0.3) is 0 Å². The van der Waals surface area contributed by atoms with Gasteiger partial charge in [0.15, 0.2) is 0 Å². The molecular weight excluding hydrogens is 266 g/mol. The summed E-state index contributed by atoms with van der Waals surface area (Å²) in [7, 11) is 0. The molecule has 3 rings (SSSR count). The number of hydrogen-bond acceptors (Lipinski definition) is 3. The van der Waals surface area contributed by atoms with E-state index < -0.39 is 0 Å². The van der Waals surface area contributed by atoms with Crippen molar-refractivity contribution in [3.63, 3.8) is 0 Å². The van der Waals surface area contributed by atoms with E-state index in [9.17, 15) is 0 Å². The molecule has 1 N–H and O–H groups in total. The topological polar surface area (TPSA) is 29.9 Å². The second kappa shape index (κ2) is 6.99. The molecule has 3 nitrogen and oxygen atoms in total. The van der Waals surface area contributed by atoms with Gasteiger partial charge in [0.05, 0.1) is 11.7 Å². The van der Waals surface area contributed by atoms with E-state index in [-0.39, 0.29) is 0 Å². The first-order valence-corrected chi connectivity index (χ1v) is 9.46. The molecule has 20 heavy (non-hydrogen) atoms. The predicted molar refractivity (Wildman–Crippen MR) is 86.1 cm³/mol. The second-order valence-electron chi connectivity index (χ2n) is 6.27. The Morgan fingerprint density at radius 3 is 2.85 bits per heavy atom. The highest BCUT2D eigenvalue weighted by Crippen LogP contribution is 2.29. The zero-order chi connectivity index (χ0) is 13.8. The fraction of sp³-hybridized carbons (Fsp3) is 0.812. The van der Waals surface area contributed by atoms with Crippen LogP contribution in [0.5, 0.6) is 0 Å². The van der Waals surface area contributed by atoms with E-state index in [1.54, 1.807) is 0 Å². The van der Waals surface area contributed by atoms with Crippen LogP contribution in [-0.2, 0) is 6.54 Å². The molecule has 0 aromatic carbocycles. The molecule has 4 heteroatoms. The number of nitrogens with one attached hydrogen (secondary N) is 1. The molecule has 2 fully saturated rings. The molecule has 2 saturated carbocycles. The third-order valence-corrected chi connectivity index (χ3v) is 6.08. The maximum absolute atomic E-state index is 4.79. The van der Waals surface area contributed by atoms with Crippen LogP contribution < -0.4 is 5.32 Å². The average molecular weight is 293 g/mol. The lowest BCUT2D eigenvalue weighted by Crippen LogP contribution is -2.33. The van der Waals surface area contributed by atoms with E-state index in [1.165, 1.54) is 57.1 Å². The predicted octanol–water partition coefficient (Wildman–Crippen LogP) is 3.76. The number of aromatic nitrogens is 2. The van der Waals surface area contributed by atoms with E-state index >= 15 is 0 Å². The van der Waals surface area contributed by atoms with E-state index in [1.807, 2.05) is 11.8 Å². The van der Waals surface area contributed by atoms with Gasteiger partial charge >= 0.3 is 0 Å². The molecule has 112 valence electrons. The van der Waals surface area contributed by atoms with Gasteiger partial charge in [-0.2, -0.15) is 16.9 Å². The fourth-order valence-electron chi connectivity index (χ4n) is 3.70. The summed E-state index contributed by atoms with van der Waals surface area (Å²) >= 11 is 2.02. The molecule has 1 heterocycles. The maximum atomic E-state index is 4.79. The Morgan fingerprint density at radius 1 is 1.20 bits per heavy atom. The van der Waals surface area contributed by atoms with Crippen molar-refractivity contribution in [2.24, 2.45) is 0 Å². The maximum Gasteiger partial charge on any atom is 0.0762 e. The van der Waals surface area contributed by atoms with Crippen LogP contribution in [0.1, 0.15) is 63.1 Å². The number of nitrogens with zero attached hydrogens (tertiary/aromatic N) is 2. The standard InChI is InChI=1S/C16H27N3S/c1-20-16-9-5-8-15(16)17-12-13-10-11-19(18-13)14-6-3-2-4-7-14/h10-11,14-17H,2-9,12H2,1H3. The Hall–Kier alpha value is -0.480. The third kappa shape index (κ3) is 3.40. The van der Waals surface area contributed by atoms with Gasteiger partial charge < -0.3 is 5.32 Å². The third-order valence-electron chi connectivity index (χ3n) is 4.91. The highest BCUT2D eigenvalue weighted by atomic mass is 32.2. The summed E-state index contributed by atoms with van der Waals surface area (Å²) in [6.07, 6.45) is 15.3. The molecular formula is C16H27N3S. The number of thioether (sulfide) groups is 1. The van der Waals surface area contributed by atoms with Gasteiger partial charge in [0, 0.05) is 24.0 Å². The molecule has 0 radical (unpaired) electrons. The van der Waals surface area contributed by atoms with Gasteiger partial charge in [0.2, 0.25) is 0 Å². The van der Waals surface area contributed by atoms with E-state index in [0.717, 1.165) is 11.8 Å². The van der Waals surface area contributed by atoms with Crippen molar-refractivity contribution in [1.29, 1.82) is 0 Å². The lowest BCUT2D eigenvalue weighted by molar-refractivity contribution is 0.327. The highest BCUT2D eigenvalue weighted by molar-refractivity contribution is 7.99. The molecule has 1 aromatic heterocycles. The first kappa shape index (κ1) is 14.5. The number of hydrogen-bond donors (Lipinski definition) is 1. The van der Waals surface area contributed by atoms with Gasteiger partial charge in [-0.1, -0.05) is 25.7 Å². The fourth-order valence-corrected chi connectivity index (χ4v) is 4.66. The Labute approximate surface area is 126 Å². The first-order chi connectivity index (χ1) is 9.86. The van der Waals surface area contributed by atoms with Crippen LogP contribution in [0.15, 0.2) is 12.3 Å².